The van der Waals surface area contributed by atoms with Crippen molar-refractivity contribution < 1.29 is 4.79 Å². The summed E-state index contributed by atoms with van der Waals surface area (Å²) in [5.41, 5.74) is 2.17. The van der Waals surface area contributed by atoms with Crippen LogP contribution in [-0.2, 0) is 0 Å². The predicted molar refractivity (Wildman–Crippen MR) is 111 cm³/mol. The van der Waals surface area contributed by atoms with Gasteiger partial charge in [-0.15, -0.1) is 0 Å². The molecule has 2 aromatic heterocycles. The molecule has 6 nitrogen and oxygen atoms in total. The molecular weight excluding hydrogens is 358 g/mol. The molecule has 0 fully saturated rings. The summed E-state index contributed by atoms with van der Waals surface area (Å²) in [6.07, 6.45) is 3.34. The van der Waals surface area contributed by atoms with Gasteiger partial charge in [-0.25, -0.2) is 15.0 Å². The monoisotopic (exact) mass is 383 g/mol. The lowest BCUT2D eigenvalue weighted by atomic mass is 10.2. The zero-order valence-corrected chi connectivity index (χ0v) is 18.2. The van der Waals surface area contributed by atoms with E-state index in [-0.39, 0.29) is 5.91 Å². The first-order valence-corrected chi connectivity index (χ1v) is 15.6. The summed E-state index contributed by atoms with van der Waals surface area (Å²) in [4.78, 5) is 26.8. The number of aromatic nitrogens is 4. The first kappa shape index (κ1) is 18.5. The van der Waals surface area contributed by atoms with Gasteiger partial charge in [0.2, 0.25) is 0 Å². The van der Waals surface area contributed by atoms with Crippen LogP contribution in [0, 0.1) is 0 Å². The standard InChI is InChI=1S/C18H25N5OSi2/c1-25(2,3)22-13-21-16-15(22)17(20-12-19-16)23(26(4,5)6)18(24)14-10-8-7-9-11-14/h7-13H,1-6H3. The molecule has 26 heavy (non-hydrogen) atoms. The average Bonchev–Trinajstić information content (AvgIpc) is 2.99. The quantitative estimate of drug-likeness (QED) is 0.639. The van der Waals surface area contributed by atoms with Crippen LogP contribution in [0.2, 0.25) is 39.3 Å². The number of rotatable bonds is 4. The number of amides is 1. The Morgan fingerprint density at radius 2 is 1.62 bits per heavy atom. The summed E-state index contributed by atoms with van der Waals surface area (Å²) in [5, 5.41) is 0. The predicted octanol–water partition coefficient (Wildman–Crippen LogP) is 3.99. The van der Waals surface area contributed by atoms with Crippen molar-refractivity contribution in [1.29, 1.82) is 0 Å². The van der Waals surface area contributed by atoms with Crippen molar-refractivity contribution in [3.63, 3.8) is 0 Å². The number of benzene rings is 1. The SMILES string of the molecule is C[Si](C)(C)N(C(=O)c1ccccc1)c1ncnc2ncn([Si](C)(C)C)c12. The number of imidazole rings is 1. The molecule has 0 saturated carbocycles. The van der Waals surface area contributed by atoms with Crippen molar-refractivity contribution in [3.8, 4) is 0 Å². The van der Waals surface area contributed by atoms with Crippen LogP contribution in [0.4, 0.5) is 5.82 Å². The summed E-state index contributed by atoms with van der Waals surface area (Å²) >= 11 is 0. The maximum atomic E-state index is 13.4. The highest BCUT2D eigenvalue weighted by Gasteiger charge is 2.35. The van der Waals surface area contributed by atoms with E-state index in [1.165, 1.54) is 6.33 Å². The van der Waals surface area contributed by atoms with Gasteiger partial charge in [0.05, 0.1) is 6.33 Å². The van der Waals surface area contributed by atoms with Gasteiger partial charge in [-0.05, 0) is 12.1 Å². The summed E-state index contributed by atoms with van der Waals surface area (Å²) in [6.45, 7) is 13.2. The molecule has 3 rings (SSSR count). The minimum atomic E-state index is -2.08. The van der Waals surface area contributed by atoms with Crippen molar-refractivity contribution in [3.05, 3.63) is 48.5 Å². The van der Waals surface area contributed by atoms with Crippen molar-refractivity contribution in [2.75, 3.05) is 4.57 Å². The first-order chi connectivity index (χ1) is 12.1. The van der Waals surface area contributed by atoms with Gasteiger partial charge in [-0.3, -0.25) is 4.79 Å². The van der Waals surface area contributed by atoms with E-state index in [9.17, 15) is 4.79 Å². The molecule has 8 heteroatoms. The van der Waals surface area contributed by atoms with Gasteiger partial charge in [-0.1, -0.05) is 57.5 Å². The van der Waals surface area contributed by atoms with Crippen LogP contribution >= 0.6 is 0 Å². The van der Waals surface area contributed by atoms with Crippen molar-refractivity contribution >= 4 is 39.4 Å². The van der Waals surface area contributed by atoms with Crippen LogP contribution in [0.5, 0.6) is 0 Å². The second kappa shape index (κ2) is 6.44. The smallest absolute Gasteiger partial charge is 0.251 e. The molecule has 0 bridgehead atoms. The molecule has 0 aliphatic rings. The highest BCUT2D eigenvalue weighted by atomic mass is 28.3. The molecule has 0 saturated heterocycles. The lowest BCUT2D eigenvalue weighted by molar-refractivity contribution is 0.100. The second-order valence-corrected chi connectivity index (χ2v) is 17.9. The van der Waals surface area contributed by atoms with Crippen LogP contribution in [0.15, 0.2) is 43.0 Å². The maximum Gasteiger partial charge on any atom is 0.251 e. The minimum Gasteiger partial charge on any atom is -0.355 e. The number of fused-ring (bicyclic) bond motifs is 1. The van der Waals surface area contributed by atoms with Crippen LogP contribution in [0.3, 0.4) is 0 Å². The normalized spacial score (nSPS) is 12.4. The summed E-state index contributed by atoms with van der Waals surface area (Å²) < 4.78 is 4.08. The molecular formula is C18H25N5OSi2. The van der Waals surface area contributed by atoms with Crippen molar-refractivity contribution in [2.24, 2.45) is 0 Å². The molecule has 0 atom stereocenters. The van der Waals surface area contributed by atoms with Crippen LogP contribution in [-0.4, -0.2) is 41.6 Å². The lowest BCUT2D eigenvalue weighted by Crippen LogP contribution is -2.51. The van der Waals surface area contributed by atoms with Gasteiger partial charge in [-0.2, -0.15) is 0 Å². The number of hydrogen-bond acceptors (Lipinski definition) is 4. The third-order valence-electron chi connectivity index (χ3n) is 4.15. The van der Waals surface area contributed by atoms with Crippen LogP contribution in [0.25, 0.3) is 11.2 Å². The molecule has 1 aromatic carbocycles. The van der Waals surface area contributed by atoms with E-state index in [0.717, 1.165) is 5.52 Å². The van der Waals surface area contributed by atoms with Gasteiger partial charge in [0.1, 0.15) is 11.8 Å². The average molecular weight is 384 g/mol. The number of carbonyl (C=O) groups excluding carboxylic acids is 1. The third kappa shape index (κ3) is 3.34. The van der Waals surface area contributed by atoms with Crippen LogP contribution < -0.4 is 4.57 Å². The zero-order chi connectivity index (χ0) is 19.1. The molecule has 2 heterocycles. The number of hydrogen-bond donors (Lipinski definition) is 0. The fourth-order valence-electron chi connectivity index (χ4n) is 2.94. The Balaban J connectivity index is 2.26. The lowest BCUT2D eigenvalue weighted by Gasteiger charge is -2.34. The van der Waals surface area contributed by atoms with E-state index in [1.54, 1.807) is 0 Å². The van der Waals surface area contributed by atoms with Crippen molar-refractivity contribution in [2.45, 2.75) is 39.3 Å². The Morgan fingerprint density at radius 1 is 0.962 bits per heavy atom. The fraction of sp³-hybridized carbons (Fsp3) is 0.333. The third-order valence-corrected chi connectivity index (χ3v) is 7.69. The Kier molecular flexibility index (Phi) is 4.57. The number of anilines is 1. The number of nitrogens with zero attached hydrogens (tertiary/aromatic N) is 5. The molecule has 0 radical (unpaired) electrons. The van der Waals surface area contributed by atoms with Gasteiger partial charge < -0.3 is 8.80 Å². The Morgan fingerprint density at radius 3 is 2.19 bits per heavy atom. The number of carbonyl (C=O) groups is 1. The fourth-order valence-corrected chi connectivity index (χ4v) is 5.75. The Hall–Kier alpha value is -2.33. The van der Waals surface area contributed by atoms with E-state index in [0.29, 0.717) is 17.0 Å². The first-order valence-electron chi connectivity index (χ1n) is 8.69. The highest BCUT2D eigenvalue weighted by molar-refractivity contribution is 6.83. The zero-order valence-electron chi connectivity index (χ0n) is 16.2. The summed E-state index contributed by atoms with van der Waals surface area (Å²) in [6, 6.07) is 9.39. The summed E-state index contributed by atoms with van der Waals surface area (Å²) in [5.74, 6) is 0.649. The van der Waals surface area contributed by atoms with Crippen molar-refractivity contribution in [1.82, 2.24) is 19.2 Å². The maximum absolute atomic E-state index is 13.4. The van der Waals surface area contributed by atoms with Gasteiger partial charge in [0.25, 0.3) is 5.91 Å². The second-order valence-electron chi connectivity index (χ2n) is 8.33. The molecule has 0 unspecified atom stereocenters. The van der Waals surface area contributed by atoms with E-state index < -0.39 is 16.5 Å². The molecule has 3 aromatic rings. The van der Waals surface area contributed by atoms with E-state index >= 15 is 0 Å². The highest BCUT2D eigenvalue weighted by Crippen LogP contribution is 2.30. The van der Waals surface area contributed by atoms with Gasteiger partial charge >= 0.3 is 0 Å². The molecule has 0 N–H and O–H groups in total. The molecule has 136 valence electrons. The topological polar surface area (TPSA) is 63.9 Å². The van der Waals surface area contributed by atoms with E-state index in [4.69, 9.17) is 0 Å². The Labute approximate surface area is 156 Å². The molecule has 0 aliphatic carbocycles. The molecule has 0 spiro atoms. The Bertz CT molecular complexity index is 942. The van der Waals surface area contributed by atoms with E-state index in [1.807, 2.05) is 41.2 Å². The molecule has 0 aliphatic heterocycles. The summed E-state index contributed by atoms with van der Waals surface area (Å²) in [7, 11) is -3.82. The van der Waals surface area contributed by atoms with Gasteiger partial charge in [0.15, 0.2) is 27.9 Å². The largest absolute Gasteiger partial charge is 0.355 e. The minimum absolute atomic E-state index is 0.0203. The van der Waals surface area contributed by atoms with E-state index in [2.05, 4.69) is 58.5 Å². The van der Waals surface area contributed by atoms with Crippen LogP contribution in [0.1, 0.15) is 10.4 Å². The van der Waals surface area contributed by atoms with Gasteiger partial charge in [0, 0.05) is 5.56 Å². The molecule has 1 amide bonds.